The Hall–Kier alpha value is -2.53. The van der Waals surface area contributed by atoms with Crippen molar-refractivity contribution in [3.63, 3.8) is 0 Å². The number of hydrogen-bond donors (Lipinski definition) is 1. The van der Waals surface area contributed by atoms with Crippen molar-refractivity contribution in [2.45, 2.75) is 26.5 Å². The van der Waals surface area contributed by atoms with Gasteiger partial charge in [-0.25, -0.2) is 4.98 Å². The molecule has 132 valence electrons. The number of ether oxygens (including phenoxy) is 2. The second-order valence-electron chi connectivity index (χ2n) is 5.57. The Bertz CT molecular complexity index is 760. The Morgan fingerprint density at radius 1 is 1.36 bits per heavy atom. The lowest BCUT2D eigenvalue weighted by Crippen LogP contribution is -2.21. The lowest BCUT2D eigenvalue weighted by Gasteiger charge is -2.12. The molecule has 5 nitrogen and oxygen atoms in total. The highest BCUT2D eigenvalue weighted by atomic mass is 35.5. The van der Waals surface area contributed by atoms with Crippen molar-refractivity contribution in [3.05, 3.63) is 58.8 Å². The van der Waals surface area contributed by atoms with Crippen LogP contribution in [0.4, 0.5) is 0 Å². The molecular formula is C19H21ClN2O3. The monoisotopic (exact) mass is 360 g/mol. The summed E-state index contributed by atoms with van der Waals surface area (Å²) in [6.07, 6.45) is 4.77. The molecule has 2 aromatic rings. The third-order valence-electron chi connectivity index (χ3n) is 3.26. The van der Waals surface area contributed by atoms with Gasteiger partial charge in [0.15, 0.2) is 0 Å². The number of carbonyl (C=O) groups is 1. The summed E-state index contributed by atoms with van der Waals surface area (Å²) in [5.41, 5.74) is 1.55. The highest BCUT2D eigenvalue weighted by molar-refractivity contribution is 6.30. The fourth-order valence-corrected chi connectivity index (χ4v) is 2.31. The number of halogens is 1. The summed E-state index contributed by atoms with van der Waals surface area (Å²) < 4.78 is 10.9. The minimum Gasteiger partial charge on any atom is -0.496 e. The first-order chi connectivity index (χ1) is 12.0. The van der Waals surface area contributed by atoms with Crippen LogP contribution in [0.2, 0.25) is 5.02 Å². The van der Waals surface area contributed by atoms with E-state index in [-0.39, 0.29) is 12.0 Å². The van der Waals surface area contributed by atoms with Crippen molar-refractivity contribution < 1.29 is 14.3 Å². The Labute approximate surface area is 152 Å². The second-order valence-corrected chi connectivity index (χ2v) is 6.01. The summed E-state index contributed by atoms with van der Waals surface area (Å²) in [4.78, 5) is 16.3. The normalized spacial score (nSPS) is 10.9. The Morgan fingerprint density at radius 2 is 2.16 bits per heavy atom. The molecule has 1 heterocycles. The zero-order valence-corrected chi connectivity index (χ0v) is 15.2. The van der Waals surface area contributed by atoms with Gasteiger partial charge in [0, 0.05) is 35.0 Å². The molecule has 0 aliphatic heterocycles. The van der Waals surface area contributed by atoms with E-state index in [4.69, 9.17) is 21.1 Å². The van der Waals surface area contributed by atoms with E-state index in [0.29, 0.717) is 23.2 Å². The maximum Gasteiger partial charge on any atom is 0.244 e. The van der Waals surface area contributed by atoms with Crippen molar-refractivity contribution in [1.82, 2.24) is 10.3 Å². The number of rotatable bonds is 7. The smallest absolute Gasteiger partial charge is 0.244 e. The molecule has 0 saturated carbocycles. The van der Waals surface area contributed by atoms with Gasteiger partial charge in [0.1, 0.15) is 5.75 Å². The Balaban J connectivity index is 2.01. The number of aromatic nitrogens is 1. The highest BCUT2D eigenvalue weighted by Crippen LogP contribution is 2.23. The van der Waals surface area contributed by atoms with Crippen LogP contribution in [0.1, 0.15) is 25.0 Å². The van der Waals surface area contributed by atoms with Crippen LogP contribution < -0.4 is 14.8 Å². The van der Waals surface area contributed by atoms with Crippen LogP contribution in [-0.2, 0) is 11.3 Å². The lowest BCUT2D eigenvalue weighted by molar-refractivity contribution is -0.116. The molecule has 25 heavy (non-hydrogen) atoms. The van der Waals surface area contributed by atoms with Crippen molar-refractivity contribution >= 4 is 23.6 Å². The zero-order valence-electron chi connectivity index (χ0n) is 14.5. The van der Waals surface area contributed by atoms with E-state index in [2.05, 4.69) is 10.3 Å². The second kappa shape index (κ2) is 9.08. The number of pyridine rings is 1. The number of benzene rings is 1. The molecule has 2 rings (SSSR count). The molecule has 1 N–H and O–H groups in total. The van der Waals surface area contributed by atoms with Gasteiger partial charge in [0.25, 0.3) is 0 Å². The number of carbonyl (C=O) groups excluding carboxylic acids is 1. The molecule has 0 spiro atoms. The van der Waals surface area contributed by atoms with Crippen LogP contribution in [0.15, 0.2) is 42.6 Å². The molecule has 6 heteroatoms. The summed E-state index contributed by atoms with van der Waals surface area (Å²) in [7, 11) is 1.57. The van der Waals surface area contributed by atoms with E-state index < -0.39 is 0 Å². The number of nitrogens with zero attached hydrogens (tertiary/aromatic N) is 1. The van der Waals surface area contributed by atoms with E-state index >= 15 is 0 Å². The number of hydrogen-bond acceptors (Lipinski definition) is 4. The van der Waals surface area contributed by atoms with E-state index in [0.717, 1.165) is 11.1 Å². The van der Waals surface area contributed by atoms with Crippen molar-refractivity contribution in [2.75, 3.05) is 7.11 Å². The van der Waals surface area contributed by atoms with Crippen molar-refractivity contribution in [2.24, 2.45) is 0 Å². The van der Waals surface area contributed by atoms with Crippen molar-refractivity contribution in [1.29, 1.82) is 0 Å². The van der Waals surface area contributed by atoms with E-state index in [1.807, 2.05) is 19.9 Å². The summed E-state index contributed by atoms with van der Waals surface area (Å²) in [5.74, 6) is 0.938. The van der Waals surface area contributed by atoms with E-state index in [9.17, 15) is 4.79 Å². The number of amides is 1. The lowest BCUT2D eigenvalue weighted by atomic mass is 10.2. The average Bonchev–Trinajstić information content (AvgIpc) is 2.59. The molecule has 1 aromatic heterocycles. The molecule has 1 amide bonds. The summed E-state index contributed by atoms with van der Waals surface area (Å²) >= 11 is 5.98. The molecule has 0 aliphatic rings. The Kier molecular flexibility index (Phi) is 6.83. The van der Waals surface area contributed by atoms with E-state index in [1.165, 1.54) is 6.08 Å². The SMILES string of the molecule is COc1ccc(Cl)cc1/C=C/C(=O)NCc1cccnc1OC(C)C. The minimum absolute atomic E-state index is 0.0135. The van der Waals surface area contributed by atoms with Gasteiger partial charge in [-0.15, -0.1) is 0 Å². The van der Waals surface area contributed by atoms with Crippen LogP contribution in [0.25, 0.3) is 6.08 Å². The number of methoxy groups -OCH3 is 1. The fraction of sp³-hybridized carbons (Fsp3) is 0.263. The minimum atomic E-state index is -0.235. The standard InChI is InChI=1S/C19H21ClN2O3/c1-13(2)25-19-15(5-4-10-21-19)12-22-18(23)9-6-14-11-16(20)7-8-17(14)24-3/h4-11,13H,12H2,1-3H3,(H,22,23)/b9-6+. The van der Waals surface area contributed by atoms with Crippen LogP contribution in [0.3, 0.4) is 0 Å². The predicted octanol–water partition coefficient (Wildman–Crippen LogP) is 3.86. The van der Waals surface area contributed by atoms with Crippen LogP contribution in [0, 0.1) is 0 Å². The summed E-state index contributed by atoms with van der Waals surface area (Å²) in [6, 6.07) is 8.90. The van der Waals surface area contributed by atoms with Gasteiger partial charge in [-0.05, 0) is 44.2 Å². The van der Waals surface area contributed by atoms with Crippen molar-refractivity contribution in [3.8, 4) is 11.6 Å². The first-order valence-electron chi connectivity index (χ1n) is 7.89. The highest BCUT2D eigenvalue weighted by Gasteiger charge is 2.08. The van der Waals surface area contributed by atoms with Crippen LogP contribution >= 0.6 is 11.6 Å². The fourth-order valence-electron chi connectivity index (χ4n) is 2.13. The van der Waals surface area contributed by atoms with Gasteiger partial charge < -0.3 is 14.8 Å². The molecule has 0 bridgehead atoms. The maximum atomic E-state index is 12.1. The quantitative estimate of drug-likeness (QED) is 0.761. The summed E-state index contributed by atoms with van der Waals surface area (Å²) in [6.45, 7) is 4.18. The molecule has 0 saturated heterocycles. The maximum absolute atomic E-state index is 12.1. The molecule has 0 radical (unpaired) electrons. The van der Waals surface area contributed by atoms with Gasteiger partial charge in [0.05, 0.1) is 13.2 Å². The molecule has 1 aromatic carbocycles. The molecule has 0 fully saturated rings. The largest absolute Gasteiger partial charge is 0.496 e. The van der Waals surface area contributed by atoms with Crippen LogP contribution in [0.5, 0.6) is 11.6 Å². The average molecular weight is 361 g/mol. The topological polar surface area (TPSA) is 60.5 Å². The number of nitrogens with one attached hydrogen (secondary N) is 1. The Morgan fingerprint density at radius 3 is 2.88 bits per heavy atom. The summed E-state index contributed by atoms with van der Waals surface area (Å²) in [5, 5.41) is 3.39. The molecule has 0 unspecified atom stereocenters. The van der Waals surface area contributed by atoms with Crippen LogP contribution in [-0.4, -0.2) is 24.1 Å². The molecular weight excluding hydrogens is 340 g/mol. The van der Waals surface area contributed by atoms with Gasteiger partial charge in [-0.2, -0.15) is 0 Å². The third-order valence-corrected chi connectivity index (χ3v) is 3.49. The van der Waals surface area contributed by atoms with E-state index in [1.54, 1.807) is 43.6 Å². The first kappa shape index (κ1) is 18.8. The van der Waals surface area contributed by atoms with Gasteiger partial charge in [-0.3, -0.25) is 4.79 Å². The van der Waals surface area contributed by atoms with Gasteiger partial charge in [0.2, 0.25) is 11.8 Å². The first-order valence-corrected chi connectivity index (χ1v) is 8.27. The van der Waals surface area contributed by atoms with Gasteiger partial charge in [-0.1, -0.05) is 17.7 Å². The zero-order chi connectivity index (χ0) is 18.2. The van der Waals surface area contributed by atoms with Gasteiger partial charge >= 0.3 is 0 Å². The predicted molar refractivity (Wildman–Crippen MR) is 98.9 cm³/mol. The molecule has 0 atom stereocenters. The third kappa shape index (κ3) is 5.80. The molecule has 0 aliphatic carbocycles.